The van der Waals surface area contributed by atoms with E-state index in [2.05, 4.69) is 41.5 Å². The van der Waals surface area contributed by atoms with Crippen molar-refractivity contribution in [3.63, 3.8) is 0 Å². The molecule has 1 aromatic carbocycles. The molecule has 3 heteroatoms. The number of hydrogen-bond donors (Lipinski definition) is 2. The van der Waals surface area contributed by atoms with Crippen LogP contribution in [0.25, 0.3) is 0 Å². The summed E-state index contributed by atoms with van der Waals surface area (Å²) in [6.45, 7) is 4.98. The molecule has 0 radical (unpaired) electrons. The molecule has 1 unspecified atom stereocenters. The van der Waals surface area contributed by atoms with Crippen molar-refractivity contribution in [2.24, 2.45) is 0 Å². The van der Waals surface area contributed by atoms with Gasteiger partial charge in [-0.3, -0.25) is 0 Å². The third-order valence-electron chi connectivity index (χ3n) is 3.08. The van der Waals surface area contributed by atoms with Crippen molar-refractivity contribution in [3.05, 3.63) is 53.7 Å². The van der Waals surface area contributed by atoms with Crippen molar-refractivity contribution in [2.75, 3.05) is 17.6 Å². The SMILES string of the molecule is Cc1nc(NCC(C)c2ccccc2)ccc1N. The van der Waals surface area contributed by atoms with Crippen molar-refractivity contribution < 1.29 is 0 Å². The van der Waals surface area contributed by atoms with Crippen LogP contribution in [0.5, 0.6) is 0 Å². The Labute approximate surface area is 108 Å². The van der Waals surface area contributed by atoms with Gasteiger partial charge in [0.2, 0.25) is 0 Å². The number of anilines is 2. The number of aromatic nitrogens is 1. The molecule has 1 heterocycles. The van der Waals surface area contributed by atoms with Gasteiger partial charge in [-0.15, -0.1) is 0 Å². The molecule has 0 aliphatic heterocycles. The summed E-state index contributed by atoms with van der Waals surface area (Å²) < 4.78 is 0. The minimum absolute atomic E-state index is 0.450. The number of benzene rings is 1. The van der Waals surface area contributed by atoms with Gasteiger partial charge in [-0.05, 0) is 30.5 Å². The fraction of sp³-hybridized carbons (Fsp3) is 0.267. The predicted molar refractivity (Wildman–Crippen MR) is 76.7 cm³/mol. The van der Waals surface area contributed by atoms with Crippen LogP contribution < -0.4 is 11.1 Å². The third kappa shape index (κ3) is 3.00. The summed E-state index contributed by atoms with van der Waals surface area (Å²) in [6, 6.07) is 14.3. The third-order valence-corrected chi connectivity index (χ3v) is 3.08. The van der Waals surface area contributed by atoms with Crippen LogP contribution in [0.4, 0.5) is 11.5 Å². The van der Waals surface area contributed by atoms with E-state index in [4.69, 9.17) is 5.73 Å². The second kappa shape index (κ2) is 5.54. The van der Waals surface area contributed by atoms with Gasteiger partial charge in [-0.2, -0.15) is 0 Å². The van der Waals surface area contributed by atoms with Crippen LogP contribution >= 0.6 is 0 Å². The molecule has 2 aromatic rings. The molecule has 0 amide bonds. The number of hydrogen-bond acceptors (Lipinski definition) is 3. The minimum Gasteiger partial charge on any atom is -0.397 e. The van der Waals surface area contributed by atoms with Crippen molar-refractivity contribution in [1.29, 1.82) is 0 Å². The van der Waals surface area contributed by atoms with Gasteiger partial charge in [0.1, 0.15) is 5.82 Å². The summed E-state index contributed by atoms with van der Waals surface area (Å²) in [7, 11) is 0. The maximum Gasteiger partial charge on any atom is 0.126 e. The van der Waals surface area contributed by atoms with E-state index in [1.165, 1.54) is 5.56 Å². The Balaban J connectivity index is 1.97. The monoisotopic (exact) mass is 241 g/mol. The van der Waals surface area contributed by atoms with E-state index in [-0.39, 0.29) is 0 Å². The molecule has 1 atom stereocenters. The van der Waals surface area contributed by atoms with Crippen LogP contribution in [0.15, 0.2) is 42.5 Å². The number of nitrogen functional groups attached to an aromatic ring is 1. The van der Waals surface area contributed by atoms with E-state index in [9.17, 15) is 0 Å². The Bertz CT molecular complexity index is 508. The van der Waals surface area contributed by atoms with Crippen LogP contribution in [-0.4, -0.2) is 11.5 Å². The standard InChI is InChI=1S/C15H19N3/c1-11(13-6-4-3-5-7-13)10-17-15-9-8-14(16)12(2)18-15/h3-9,11H,10,16H2,1-2H3,(H,17,18). The lowest BCUT2D eigenvalue weighted by molar-refractivity contribution is 0.801. The number of aryl methyl sites for hydroxylation is 1. The van der Waals surface area contributed by atoms with Crippen LogP contribution in [0.3, 0.4) is 0 Å². The van der Waals surface area contributed by atoms with E-state index in [0.29, 0.717) is 5.92 Å². The Hall–Kier alpha value is -2.03. The molecule has 2 rings (SSSR count). The van der Waals surface area contributed by atoms with Gasteiger partial charge >= 0.3 is 0 Å². The smallest absolute Gasteiger partial charge is 0.126 e. The average molecular weight is 241 g/mol. The number of rotatable bonds is 4. The zero-order valence-electron chi connectivity index (χ0n) is 10.9. The first-order valence-electron chi connectivity index (χ1n) is 6.19. The van der Waals surface area contributed by atoms with E-state index in [1.807, 2.05) is 25.1 Å². The molecule has 0 fully saturated rings. The maximum absolute atomic E-state index is 5.75. The topological polar surface area (TPSA) is 50.9 Å². The van der Waals surface area contributed by atoms with Gasteiger partial charge in [0.05, 0.1) is 11.4 Å². The van der Waals surface area contributed by atoms with Gasteiger partial charge in [-0.25, -0.2) is 4.98 Å². The number of nitrogens with two attached hydrogens (primary N) is 1. The van der Waals surface area contributed by atoms with Crippen molar-refractivity contribution >= 4 is 11.5 Å². The minimum atomic E-state index is 0.450. The van der Waals surface area contributed by atoms with Crippen molar-refractivity contribution in [3.8, 4) is 0 Å². The fourth-order valence-corrected chi connectivity index (χ4v) is 1.83. The highest BCUT2D eigenvalue weighted by atomic mass is 15.0. The Kier molecular flexibility index (Phi) is 3.82. The summed E-state index contributed by atoms with van der Waals surface area (Å²) in [5, 5.41) is 3.34. The molecule has 0 bridgehead atoms. The van der Waals surface area contributed by atoms with Crippen LogP contribution in [0.1, 0.15) is 24.1 Å². The molecule has 3 N–H and O–H groups in total. The molecule has 0 aliphatic carbocycles. The molecule has 94 valence electrons. The largest absolute Gasteiger partial charge is 0.397 e. The van der Waals surface area contributed by atoms with Crippen LogP contribution in [0, 0.1) is 6.92 Å². The number of nitrogens with zero attached hydrogens (tertiary/aromatic N) is 1. The lowest BCUT2D eigenvalue weighted by Gasteiger charge is -2.14. The van der Waals surface area contributed by atoms with Gasteiger partial charge in [-0.1, -0.05) is 37.3 Å². The summed E-state index contributed by atoms with van der Waals surface area (Å²) in [6.07, 6.45) is 0. The highest BCUT2D eigenvalue weighted by Gasteiger charge is 2.05. The predicted octanol–water partition coefficient (Wildman–Crippen LogP) is 3.19. The highest BCUT2D eigenvalue weighted by Crippen LogP contribution is 2.16. The van der Waals surface area contributed by atoms with Gasteiger partial charge in [0.15, 0.2) is 0 Å². The quantitative estimate of drug-likeness (QED) is 0.864. The first kappa shape index (κ1) is 12.4. The molecule has 18 heavy (non-hydrogen) atoms. The molecule has 3 nitrogen and oxygen atoms in total. The second-order valence-corrected chi connectivity index (χ2v) is 4.56. The summed E-state index contributed by atoms with van der Waals surface area (Å²) in [4.78, 5) is 4.40. The van der Waals surface area contributed by atoms with E-state index < -0.39 is 0 Å². The van der Waals surface area contributed by atoms with Crippen LogP contribution in [-0.2, 0) is 0 Å². The lowest BCUT2D eigenvalue weighted by atomic mass is 10.0. The molecular weight excluding hydrogens is 222 g/mol. The van der Waals surface area contributed by atoms with E-state index >= 15 is 0 Å². The maximum atomic E-state index is 5.75. The number of pyridine rings is 1. The lowest BCUT2D eigenvalue weighted by Crippen LogP contribution is -2.11. The molecule has 1 aromatic heterocycles. The summed E-state index contributed by atoms with van der Waals surface area (Å²) in [5.74, 6) is 1.33. The van der Waals surface area contributed by atoms with Crippen molar-refractivity contribution in [1.82, 2.24) is 4.98 Å². The Morgan fingerprint density at radius 2 is 1.89 bits per heavy atom. The van der Waals surface area contributed by atoms with Gasteiger partial charge < -0.3 is 11.1 Å². The van der Waals surface area contributed by atoms with E-state index in [1.54, 1.807) is 0 Å². The zero-order chi connectivity index (χ0) is 13.0. The normalized spacial score (nSPS) is 12.1. The van der Waals surface area contributed by atoms with Crippen LogP contribution in [0.2, 0.25) is 0 Å². The highest BCUT2D eigenvalue weighted by molar-refractivity contribution is 5.49. The molecule has 0 aliphatic rings. The van der Waals surface area contributed by atoms with Crippen molar-refractivity contribution in [2.45, 2.75) is 19.8 Å². The summed E-state index contributed by atoms with van der Waals surface area (Å²) >= 11 is 0. The van der Waals surface area contributed by atoms with Gasteiger partial charge in [0, 0.05) is 6.54 Å². The zero-order valence-corrected chi connectivity index (χ0v) is 10.9. The number of nitrogens with one attached hydrogen (secondary N) is 1. The summed E-state index contributed by atoms with van der Waals surface area (Å²) in [5.41, 5.74) is 8.68. The average Bonchev–Trinajstić information content (AvgIpc) is 2.41. The fourth-order valence-electron chi connectivity index (χ4n) is 1.83. The molecule has 0 spiro atoms. The molecule has 0 saturated heterocycles. The Morgan fingerprint density at radius 3 is 2.56 bits per heavy atom. The second-order valence-electron chi connectivity index (χ2n) is 4.56. The Morgan fingerprint density at radius 1 is 1.17 bits per heavy atom. The van der Waals surface area contributed by atoms with E-state index in [0.717, 1.165) is 23.7 Å². The first-order chi connectivity index (χ1) is 8.66. The molecule has 0 saturated carbocycles. The first-order valence-corrected chi connectivity index (χ1v) is 6.19. The molecular formula is C15H19N3. The van der Waals surface area contributed by atoms with Gasteiger partial charge in [0.25, 0.3) is 0 Å².